The zero-order valence-electron chi connectivity index (χ0n) is 27.8. The fourth-order valence-electron chi connectivity index (χ4n) is 4.62. The van der Waals surface area contributed by atoms with E-state index in [0.29, 0.717) is 12.8 Å². The number of nitrogens with two attached hydrogens (primary N) is 1. The zero-order chi connectivity index (χ0) is 32.7. The summed E-state index contributed by atoms with van der Waals surface area (Å²) < 4.78 is 21.9. The van der Waals surface area contributed by atoms with Crippen LogP contribution in [0.2, 0.25) is 0 Å². The van der Waals surface area contributed by atoms with Crippen LogP contribution in [0.1, 0.15) is 136 Å². The second-order valence-corrected chi connectivity index (χ2v) is 13.0. The van der Waals surface area contributed by atoms with Crippen molar-refractivity contribution in [2.75, 3.05) is 19.8 Å². The minimum atomic E-state index is -4.40. The lowest BCUT2D eigenvalue weighted by Crippen LogP contribution is -2.46. The first kappa shape index (κ1) is 42.7. The molecule has 258 valence electrons. The Balaban J connectivity index is 4.62. The number of aliphatic hydroxyl groups is 2. The summed E-state index contributed by atoms with van der Waals surface area (Å²) in [5.41, 5.74) is 5.32. The van der Waals surface area contributed by atoms with E-state index in [0.717, 1.165) is 44.9 Å². The van der Waals surface area contributed by atoms with Crippen molar-refractivity contribution in [1.29, 1.82) is 0 Å². The van der Waals surface area contributed by atoms with E-state index in [1.807, 2.05) is 6.08 Å². The van der Waals surface area contributed by atoms with E-state index < -0.39 is 38.6 Å². The summed E-state index contributed by atoms with van der Waals surface area (Å²) in [6.07, 6.45) is 29.6. The Kier molecular flexibility index (Phi) is 29.4. The lowest BCUT2D eigenvalue weighted by molar-refractivity contribution is -0.124. The third-order valence-corrected chi connectivity index (χ3v) is 8.24. The molecule has 9 nitrogen and oxygen atoms in total. The number of rotatable bonds is 31. The maximum atomic E-state index is 12.6. The standard InChI is InChI=1S/C34H65N2O7P/c1-3-5-7-9-11-13-14-15-16-17-18-20-22-24-26-33(38)32(30-43-44(40,41)42-28-27-35)36-34(39)29-31(37)25-23-21-19-12-10-8-6-4-2/h13-14,17-18,24,26,31-33,37-38H,3-12,15-16,19-23,25,27-30,35H2,1-2H3,(H,36,39)(H,40,41)/b14-13+,18-17+,26-24+. The van der Waals surface area contributed by atoms with Crippen LogP contribution in [-0.4, -0.2) is 59.0 Å². The fourth-order valence-corrected chi connectivity index (χ4v) is 5.38. The van der Waals surface area contributed by atoms with E-state index in [1.54, 1.807) is 6.08 Å². The highest BCUT2D eigenvalue weighted by atomic mass is 31.2. The van der Waals surface area contributed by atoms with Gasteiger partial charge in [0.1, 0.15) is 0 Å². The molecule has 0 heterocycles. The summed E-state index contributed by atoms with van der Waals surface area (Å²) in [4.78, 5) is 22.5. The minimum Gasteiger partial charge on any atom is -0.393 e. The molecule has 0 aromatic rings. The number of phosphoric ester groups is 1. The van der Waals surface area contributed by atoms with Crippen molar-refractivity contribution >= 4 is 13.7 Å². The largest absolute Gasteiger partial charge is 0.472 e. The molecule has 44 heavy (non-hydrogen) atoms. The van der Waals surface area contributed by atoms with Gasteiger partial charge in [-0.3, -0.25) is 13.8 Å². The van der Waals surface area contributed by atoms with Crippen molar-refractivity contribution in [2.24, 2.45) is 5.73 Å². The van der Waals surface area contributed by atoms with Gasteiger partial charge in [-0.25, -0.2) is 4.57 Å². The number of hydrogen-bond acceptors (Lipinski definition) is 7. The molecule has 6 N–H and O–H groups in total. The van der Waals surface area contributed by atoms with Crippen LogP contribution in [0.25, 0.3) is 0 Å². The van der Waals surface area contributed by atoms with Crippen molar-refractivity contribution < 1.29 is 33.5 Å². The molecule has 0 bridgehead atoms. The van der Waals surface area contributed by atoms with E-state index in [1.165, 1.54) is 57.8 Å². The smallest absolute Gasteiger partial charge is 0.393 e. The molecule has 0 aliphatic rings. The lowest BCUT2D eigenvalue weighted by atomic mass is 10.0. The van der Waals surface area contributed by atoms with Crippen LogP contribution in [-0.2, 0) is 18.4 Å². The van der Waals surface area contributed by atoms with Gasteiger partial charge >= 0.3 is 7.82 Å². The molecule has 0 aromatic carbocycles. The molecular formula is C34H65N2O7P. The highest BCUT2D eigenvalue weighted by Gasteiger charge is 2.27. The lowest BCUT2D eigenvalue weighted by Gasteiger charge is -2.24. The Hall–Kier alpha value is -1.32. The second-order valence-electron chi connectivity index (χ2n) is 11.5. The van der Waals surface area contributed by atoms with E-state index in [2.05, 4.69) is 43.5 Å². The van der Waals surface area contributed by atoms with Crippen LogP contribution in [0.4, 0.5) is 0 Å². The Morgan fingerprint density at radius 1 is 0.773 bits per heavy atom. The van der Waals surface area contributed by atoms with Gasteiger partial charge in [0.15, 0.2) is 0 Å². The van der Waals surface area contributed by atoms with Gasteiger partial charge < -0.3 is 26.2 Å². The predicted octanol–water partition coefficient (Wildman–Crippen LogP) is 7.41. The Bertz CT molecular complexity index is 806. The number of carbonyl (C=O) groups is 1. The first-order chi connectivity index (χ1) is 21.3. The molecule has 4 atom stereocenters. The normalized spacial score (nSPS) is 15.7. The molecule has 1 amide bonds. The van der Waals surface area contributed by atoms with Crippen LogP contribution in [0.3, 0.4) is 0 Å². The molecule has 0 spiro atoms. The van der Waals surface area contributed by atoms with Crippen LogP contribution in [0, 0.1) is 0 Å². The number of nitrogens with one attached hydrogen (secondary N) is 1. The summed E-state index contributed by atoms with van der Waals surface area (Å²) in [6, 6.07) is -1.000. The summed E-state index contributed by atoms with van der Waals surface area (Å²) in [5.74, 6) is -0.466. The average Bonchev–Trinajstić information content (AvgIpc) is 2.99. The van der Waals surface area contributed by atoms with Gasteiger partial charge in [-0.1, -0.05) is 121 Å². The monoisotopic (exact) mass is 644 g/mol. The minimum absolute atomic E-state index is 0.0421. The first-order valence-corrected chi connectivity index (χ1v) is 18.7. The molecule has 0 aliphatic carbocycles. The van der Waals surface area contributed by atoms with Crippen molar-refractivity contribution in [1.82, 2.24) is 5.32 Å². The van der Waals surface area contributed by atoms with Gasteiger partial charge in [-0.05, 0) is 44.9 Å². The summed E-state index contributed by atoms with van der Waals surface area (Å²) in [6.45, 7) is 3.85. The van der Waals surface area contributed by atoms with Crippen molar-refractivity contribution in [3.63, 3.8) is 0 Å². The Morgan fingerprint density at radius 3 is 1.89 bits per heavy atom. The van der Waals surface area contributed by atoms with Crippen LogP contribution in [0.15, 0.2) is 36.5 Å². The molecule has 0 aliphatic heterocycles. The second kappa shape index (κ2) is 30.3. The molecule has 0 rings (SSSR count). The molecular weight excluding hydrogens is 579 g/mol. The highest BCUT2D eigenvalue weighted by molar-refractivity contribution is 7.47. The van der Waals surface area contributed by atoms with Gasteiger partial charge in [-0.15, -0.1) is 0 Å². The number of amides is 1. The summed E-state index contributed by atoms with van der Waals surface area (Å²) >= 11 is 0. The predicted molar refractivity (Wildman–Crippen MR) is 181 cm³/mol. The van der Waals surface area contributed by atoms with E-state index >= 15 is 0 Å². The molecule has 4 unspecified atom stereocenters. The number of phosphoric acid groups is 1. The highest BCUT2D eigenvalue weighted by Crippen LogP contribution is 2.43. The van der Waals surface area contributed by atoms with Gasteiger partial charge in [0.25, 0.3) is 0 Å². The topological polar surface area (TPSA) is 151 Å². The average molecular weight is 645 g/mol. The maximum absolute atomic E-state index is 12.6. The molecule has 0 fully saturated rings. The van der Waals surface area contributed by atoms with Crippen LogP contribution in [0.5, 0.6) is 0 Å². The SMILES string of the molecule is CCCCCC/C=C/CC/C=C/CC/C=C/C(O)C(COP(=O)(O)OCCN)NC(=O)CC(O)CCCCCCCCCC. The molecule has 0 saturated heterocycles. The van der Waals surface area contributed by atoms with Gasteiger partial charge in [0.05, 0.1) is 37.9 Å². The van der Waals surface area contributed by atoms with Crippen LogP contribution < -0.4 is 11.1 Å². The summed E-state index contributed by atoms with van der Waals surface area (Å²) in [7, 11) is -4.40. The van der Waals surface area contributed by atoms with Crippen molar-refractivity contribution in [2.45, 2.75) is 154 Å². The molecule has 10 heteroatoms. The van der Waals surface area contributed by atoms with E-state index in [-0.39, 0.29) is 19.6 Å². The Morgan fingerprint density at radius 2 is 1.30 bits per heavy atom. The zero-order valence-corrected chi connectivity index (χ0v) is 28.6. The number of aliphatic hydroxyl groups excluding tert-OH is 2. The number of unbranched alkanes of at least 4 members (excludes halogenated alkanes) is 13. The first-order valence-electron chi connectivity index (χ1n) is 17.2. The third kappa shape index (κ3) is 28.2. The van der Waals surface area contributed by atoms with E-state index in [9.17, 15) is 24.5 Å². The quantitative estimate of drug-likeness (QED) is 0.0297. The number of allylic oxidation sites excluding steroid dienone is 5. The van der Waals surface area contributed by atoms with Crippen LogP contribution >= 0.6 is 7.82 Å². The van der Waals surface area contributed by atoms with Crippen molar-refractivity contribution in [3.8, 4) is 0 Å². The maximum Gasteiger partial charge on any atom is 0.472 e. The van der Waals surface area contributed by atoms with Crippen molar-refractivity contribution in [3.05, 3.63) is 36.5 Å². The third-order valence-electron chi connectivity index (χ3n) is 7.25. The summed E-state index contributed by atoms with van der Waals surface area (Å²) in [5, 5.41) is 23.7. The number of hydrogen-bond donors (Lipinski definition) is 5. The van der Waals surface area contributed by atoms with Gasteiger partial charge in [0, 0.05) is 6.54 Å². The van der Waals surface area contributed by atoms with Gasteiger partial charge in [-0.2, -0.15) is 0 Å². The molecule has 0 aromatic heterocycles. The van der Waals surface area contributed by atoms with Gasteiger partial charge in [0.2, 0.25) is 5.91 Å². The molecule has 0 saturated carbocycles. The fraction of sp³-hybridized carbons (Fsp3) is 0.794. The number of carbonyl (C=O) groups excluding carboxylic acids is 1. The van der Waals surface area contributed by atoms with E-state index in [4.69, 9.17) is 14.8 Å². The molecule has 0 radical (unpaired) electrons. The Labute approximate surface area is 268 Å².